The summed E-state index contributed by atoms with van der Waals surface area (Å²) in [6.45, 7) is -0.208. The van der Waals surface area contributed by atoms with Crippen molar-refractivity contribution < 1.29 is 15.0 Å². The number of carbonyl (C=O) groups is 1. The number of aromatic nitrogens is 3. The molecule has 0 atom stereocenters. The first-order valence-corrected chi connectivity index (χ1v) is 4.56. The Labute approximate surface area is 90.6 Å². The van der Waals surface area contributed by atoms with E-state index in [-0.39, 0.29) is 12.2 Å². The molecule has 0 bridgehead atoms. The van der Waals surface area contributed by atoms with Crippen LogP contribution in [0.25, 0.3) is 11.4 Å². The predicted octanol–water partition coefficient (Wildman–Crippen LogP) is 0.662. The molecule has 0 amide bonds. The number of hydrogen-bond acceptors (Lipinski definition) is 4. The maximum absolute atomic E-state index is 10.6. The predicted molar refractivity (Wildman–Crippen MR) is 54.7 cm³/mol. The maximum atomic E-state index is 10.6. The third-order valence-corrected chi connectivity index (χ3v) is 2.07. The molecule has 2 aromatic rings. The van der Waals surface area contributed by atoms with Gasteiger partial charge in [0.05, 0.1) is 5.56 Å². The number of nitrogens with zero attached hydrogens (tertiary/aromatic N) is 2. The fraction of sp³-hybridized carbons (Fsp3) is 0.100. The van der Waals surface area contributed by atoms with Gasteiger partial charge in [-0.3, -0.25) is 5.10 Å². The Morgan fingerprint density at radius 2 is 2.00 bits per heavy atom. The molecule has 3 N–H and O–H groups in total. The van der Waals surface area contributed by atoms with Crippen LogP contribution in [0.5, 0.6) is 0 Å². The standard InChI is InChI=1S/C10H9N3O3/c14-5-8-11-9(13-12-8)6-1-3-7(4-2-6)10(15)16/h1-4,14H,5H2,(H,15,16)(H,11,12,13). The summed E-state index contributed by atoms with van der Waals surface area (Å²) in [5, 5.41) is 24.0. The van der Waals surface area contributed by atoms with Gasteiger partial charge < -0.3 is 10.2 Å². The van der Waals surface area contributed by atoms with E-state index in [4.69, 9.17) is 10.2 Å². The average molecular weight is 219 g/mol. The molecule has 0 spiro atoms. The van der Waals surface area contributed by atoms with E-state index in [2.05, 4.69) is 15.2 Å². The second-order valence-corrected chi connectivity index (χ2v) is 3.15. The van der Waals surface area contributed by atoms with E-state index in [1.807, 2.05) is 0 Å². The van der Waals surface area contributed by atoms with Crippen molar-refractivity contribution in [3.63, 3.8) is 0 Å². The monoisotopic (exact) mass is 219 g/mol. The number of carboxylic acid groups (broad SMARTS) is 1. The van der Waals surface area contributed by atoms with Crippen LogP contribution in [0.15, 0.2) is 24.3 Å². The van der Waals surface area contributed by atoms with Crippen molar-refractivity contribution in [1.82, 2.24) is 15.2 Å². The number of aromatic carboxylic acids is 1. The lowest BCUT2D eigenvalue weighted by molar-refractivity contribution is 0.0697. The van der Waals surface area contributed by atoms with E-state index in [1.165, 1.54) is 12.1 Å². The number of aliphatic hydroxyl groups excluding tert-OH is 1. The summed E-state index contributed by atoms with van der Waals surface area (Å²) in [5.41, 5.74) is 0.905. The number of hydrogen-bond donors (Lipinski definition) is 3. The van der Waals surface area contributed by atoms with Crippen LogP contribution in [0.4, 0.5) is 0 Å². The van der Waals surface area contributed by atoms with E-state index in [1.54, 1.807) is 12.1 Å². The summed E-state index contributed by atoms with van der Waals surface area (Å²) in [4.78, 5) is 14.6. The fourth-order valence-corrected chi connectivity index (χ4v) is 1.26. The van der Waals surface area contributed by atoms with Crippen LogP contribution in [-0.2, 0) is 6.61 Å². The highest BCUT2D eigenvalue weighted by Gasteiger charge is 2.07. The minimum Gasteiger partial charge on any atom is -0.478 e. The van der Waals surface area contributed by atoms with Crippen LogP contribution >= 0.6 is 0 Å². The molecule has 0 unspecified atom stereocenters. The van der Waals surface area contributed by atoms with Crippen molar-refractivity contribution in [2.24, 2.45) is 0 Å². The minimum absolute atomic E-state index is 0.208. The average Bonchev–Trinajstić information content (AvgIpc) is 2.77. The minimum atomic E-state index is -0.974. The molecule has 1 aromatic carbocycles. The molecule has 2 rings (SSSR count). The van der Waals surface area contributed by atoms with Gasteiger partial charge in [-0.15, -0.1) is 0 Å². The van der Waals surface area contributed by atoms with Gasteiger partial charge in [-0.1, -0.05) is 12.1 Å². The SMILES string of the molecule is O=C(O)c1ccc(-c2n[nH]c(CO)n2)cc1. The van der Waals surface area contributed by atoms with Crippen LogP contribution in [-0.4, -0.2) is 31.4 Å². The Hall–Kier alpha value is -2.21. The van der Waals surface area contributed by atoms with Crippen LogP contribution in [0.2, 0.25) is 0 Å². The Morgan fingerprint density at radius 1 is 1.31 bits per heavy atom. The molecule has 0 aliphatic rings. The molecular formula is C10H9N3O3. The Bertz CT molecular complexity index is 504. The van der Waals surface area contributed by atoms with Crippen molar-refractivity contribution in [3.8, 4) is 11.4 Å². The highest BCUT2D eigenvalue weighted by atomic mass is 16.4. The first-order valence-electron chi connectivity index (χ1n) is 4.56. The zero-order chi connectivity index (χ0) is 11.5. The van der Waals surface area contributed by atoms with E-state index in [9.17, 15) is 4.79 Å². The van der Waals surface area contributed by atoms with Crippen molar-refractivity contribution in [2.75, 3.05) is 0 Å². The molecule has 0 saturated heterocycles. The molecule has 1 heterocycles. The second kappa shape index (κ2) is 4.11. The molecule has 16 heavy (non-hydrogen) atoms. The third-order valence-electron chi connectivity index (χ3n) is 2.07. The van der Waals surface area contributed by atoms with Gasteiger partial charge in [-0.2, -0.15) is 5.10 Å². The topological polar surface area (TPSA) is 99.1 Å². The number of aliphatic hydroxyl groups is 1. The van der Waals surface area contributed by atoms with Crippen LogP contribution in [0, 0.1) is 0 Å². The molecule has 6 heteroatoms. The molecule has 1 aromatic heterocycles. The summed E-state index contributed by atoms with van der Waals surface area (Å²) < 4.78 is 0. The number of nitrogens with one attached hydrogen (secondary N) is 1. The Morgan fingerprint density at radius 3 is 2.50 bits per heavy atom. The smallest absolute Gasteiger partial charge is 0.335 e. The normalized spacial score (nSPS) is 10.3. The number of aromatic amines is 1. The van der Waals surface area contributed by atoms with E-state index < -0.39 is 5.97 Å². The zero-order valence-corrected chi connectivity index (χ0v) is 8.21. The highest BCUT2D eigenvalue weighted by molar-refractivity contribution is 5.88. The first-order chi connectivity index (χ1) is 7.70. The van der Waals surface area contributed by atoms with E-state index in [0.29, 0.717) is 17.2 Å². The van der Waals surface area contributed by atoms with Crippen LogP contribution in [0.3, 0.4) is 0 Å². The maximum Gasteiger partial charge on any atom is 0.335 e. The van der Waals surface area contributed by atoms with E-state index in [0.717, 1.165) is 0 Å². The zero-order valence-electron chi connectivity index (χ0n) is 8.21. The lowest BCUT2D eigenvalue weighted by atomic mass is 10.1. The summed E-state index contributed by atoms with van der Waals surface area (Å²) in [5.74, 6) is -0.170. The van der Waals surface area contributed by atoms with Gasteiger partial charge in [0.25, 0.3) is 0 Å². The van der Waals surface area contributed by atoms with Gasteiger partial charge >= 0.3 is 5.97 Å². The van der Waals surface area contributed by atoms with Crippen molar-refractivity contribution in [3.05, 3.63) is 35.7 Å². The molecule has 6 nitrogen and oxygen atoms in total. The molecule has 0 radical (unpaired) electrons. The van der Waals surface area contributed by atoms with Gasteiger partial charge in [-0.25, -0.2) is 9.78 Å². The summed E-state index contributed by atoms with van der Waals surface area (Å²) in [6, 6.07) is 6.20. The van der Waals surface area contributed by atoms with Crippen molar-refractivity contribution in [2.45, 2.75) is 6.61 Å². The summed E-state index contributed by atoms with van der Waals surface area (Å²) >= 11 is 0. The van der Waals surface area contributed by atoms with Gasteiger partial charge in [0.1, 0.15) is 6.61 Å². The number of benzene rings is 1. The van der Waals surface area contributed by atoms with Crippen LogP contribution in [0.1, 0.15) is 16.2 Å². The van der Waals surface area contributed by atoms with Crippen LogP contribution < -0.4 is 0 Å². The lowest BCUT2D eigenvalue weighted by Gasteiger charge is -1.96. The quantitative estimate of drug-likeness (QED) is 0.704. The first kappa shape index (κ1) is 10.3. The third kappa shape index (κ3) is 1.91. The molecule has 0 aliphatic heterocycles. The number of rotatable bonds is 3. The molecule has 82 valence electrons. The highest BCUT2D eigenvalue weighted by Crippen LogP contribution is 2.15. The summed E-state index contributed by atoms with van der Waals surface area (Å²) in [7, 11) is 0. The lowest BCUT2D eigenvalue weighted by Crippen LogP contribution is -1.95. The molecule has 0 aliphatic carbocycles. The Kier molecular flexibility index (Phi) is 2.65. The van der Waals surface area contributed by atoms with Crippen molar-refractivity contribution in [1.29, 1.82) is 0 Å². The van der Waals surface area contributed by atoms with Gasteiger partial charge in [-0.05, 0) is 12.1 Å². The van der Waals surface area contributed by atoms with Gasteiger partial charge in [0, 0.05) is 5.56 Å². The Balaban J connectivity index is 2.30. The molecular weight excluding hydrogens is 210 g/mol. The molecule has 0 saturated carbocycles. The van der Waals surface area contributed by atoms with E-state index >= 15 is 0 Å². The summed E-state index contributed by atoms with van der Waals surface area (Å²) in [6.07, 6.45) is 0. The second-order valence-electron chi connectivity index (χ2n) is 3.15. The van der Waals surface area contributed by atoms with Crippen molar-refractivity contribution >= 4 is 5.97 Å². The van der Waals surface area contributed by atoms with Gasteiger partial charge in [0.15, 0.2) is 11.6 Å². The number of H-pyrrole nitrogens is 1. The van der Waals surface area contributed by atoms with Gasteiger partial charge in [0.2, 0.25) is 0 Å². The number of carboxylic acids is 1. The molecule has 0 fully saturated rings. The largest absolute Gasteiger partial charge is 0.478 e. The fourth-order valence-electron chi connectivity index (χ4n) is 1.26.